The molecule has 0 amide bonds. The van der Waals surface area contributed by atoms with Gasteiger partial charge in [0.25, 0.3) is 0 Å². The summed E-state index contributed by atoms with van der Waals surface area (Å²) >= 11 is 0. The Kier molecular flexibility index (Phi) is 10.8. The quantitative estimate of drug-likeness (QED) is 0.136. The molecule has 0 aliphatic carbocycles. The number of hydrogen-bond acceptors (Lipinski definition) is 2. The molecule has 0 spiro atoms. The van der Waals surface area contributed by atoms with Crippen molar-refractivity contribution < 1.29 is 4.42 Å². The minimum Gasteiger partial charge on any atom is -0.455 e. The van der Waals surface area contributed by atoms with Crippen LogP contribution in [0.15, 0.2) is 296 Å². The fourth-order valence-corrected chi connectivity index (χ4v) is 11.2. The minimum atomic E-state index is 0.907. The van der Waals surface area contributed by atoms with E-state index in [0.717, 1.165) is 89.2 Å². The van der Waals surface area contributed by atoms with Crippen LogP contribution in [0.3, 0.4) is 0 Å². The molecule has 0 radical (unpaired) electrons. The Bertz CT molecular complexity index is 4320. The molecule has 14 aromatic rings. The van der Waals surface area contributed by atoms with E-state index in [1.807, 2.05) is 12.1 Å². The van der Waals surface area contributed by atoms with Crippen LogP contribution >= 0.6 is 0 Å². The van der Waals surface area contributed by atoms with Gasteiger partial charge in [0.15, 0.2) is 0 Å². The molecule has 0 bridgehead atoms. The van der Waals surface area contributed by atoms with E-state index in [2.05, 4.69) is 289 Å². The van der Waals surface area contributed by atoms with Crippen molar-refractivity contribution in [2.24, 2.45) is 0 Å². The van der Waals surface area contributed by atoms with Gasteiger partial charge in [0.1, 0.15) is 11.2 Å². The Morgan fingerprint density at radius 3 is 1.36 bits per heavy atom. The number of benzene rings is 12. The summed E-state index contributed by atoms with van der Waals surface area (Å²) in [6.45, 7) is 0. The maximum Gasteiger partial charge on any atom is 0.143 e. The third-order valence-electron chi connectivity index (χ3n) is 14.9. The van der Waals surface area contributed by atoms with E-state index < -0.39 is 0 Å². The van der Waals surface area contributed by atoms with Crippen molar-refractivity contribution in [1.29, 1.82) is 0 Å². The standard InChI is InChI=1S/C72H48N2O/c1-2-16-49(17-3-1)50-32-36-54(37-33-50)60-20-4-9-27-67(60)73(58-44-40-52(41-45-58)51-34-38-55(39-35-51)62-25-15-26-66-65-24-8-13-31-71(65)75-72(62)66)59-46-42-53(43-47-59)56-18-14-19-57(48-56)61-21-5-10-28-68(61)74-69-29-11-6-22-63(69)64-23-7-12-30-70(64)74/h1-48H. The Hall–Kier alpha value is -9.96. The first-order chi connectivity index (χ1) is 37.2. The first-order valence-electron chi connectivity index (χ1n) is 25.6. The zero-order valence-electron chi connectivity index (χ0n) is 41.0. The zero-order chi connectivity index (χ0) is 49.7. The summed E-state index contributed by atoms with van der Waals surface area (Å²) in [5.74, 6) is 0. The van der Waals surface area contributed by atoms with Crippen molar-refractivity contribution in [2.45, 2.75) is 0 Å². The summed E-state index contributed by atoms with van der Waals surface area (Å²) in [5.41, 5.74) is 22.5. The second kappa shape index (κ2) is 18.6. The minimum absolute atomic E-state index is 0.907. The van der Waals surface area contributed by atoms with Gasteiger partial charge in [0.2, 0.25) is 0 Å². The van der Waals surface area contributed by atoms with Crippen molar-refractivity contribution in [2.75, 3.05) is 4.90 Å². The molecule has 0 saturated carbocycles. The van der Waals surface area contributed by atoms with Gasteiger partial charge in [-0.3, -0.25) is 0 Å². The zero-order valence-corrected chi connectivity index (χ0v) is 41.0. The molecule has 0 aliphatic rings. The third-order valence-corrected chi connectivity index (χ3v) is 14.9. The molecule has 2 heterocycles. The Morgan fingerprint density at radius 1 is 0.267 bits per heavy atom. The lowest BCUT2D eigenvalue weighted by Crippen LogP contribution is -2.11. The lowest BCUT2D eigenvalue weighted by atomic mass is 9.96. The molecule has 14 rings (SSSR count). The lowest BCUT2D eigenvalue weighted by molar-refractivity contribution is 0.670. The molecule has 0 unspecified atom stereocenters. The maximum absolute atomic E-state index is 6.40. The molecule has 352 valence electrons. The summed E-state index contributed by atoms with van der Waals surface area (Å²) in [6, 6.07) is 105. The third kappa shape index (κ3) is 7.86. The first-order valence-corrected chi connectivity index (χ1v) is 25.6. The number of hydrogen-bond donors (Lipinski definition) is 0. The van der Waals surface area contributed by atoms with E-state index >= 15 is 0 Å². The van der Waals surface area contributed by atoms with Gasteiger partial charge in [-0.25, -0.2) is 0 Å². The lowest BCUT2D eigenvalue weighted by Gasteiger charge is -2.28. The van der Waals surface area contributed by atoms with Crippen LogP contribution in [0.4, 0.5) is 17.1 Å². The molecule has 0 N–H and O–H groups in total. The van der Waals surface area contributed by atoms with Gasteiger partial charge in [-0.15, -0.1) is 0 Å². The van der Waals surface area contributed by atoms with Crippen molar-refractivity contribution in [3.63, 3.8) is 0 Å². The molecule has 0 aliphatic heterocycles. The monoisotopic (exact) mass is 956 g/mol. The van der Waals surface area contributed by atoms with Crippen LogP contribution in [0.1, 0.15) is 0 Å². The highest BCUT2D eigenvalue weighted by molar-refractivity contribution is 6.11. The summed E-state index contributed by atoms with van der Waals surface area (Å²) in [5, 5.41) is 4.78. The van der Waals surface area contributed by atoms with E-state index in [1.54, 1.807) is 0 Å². The summed E-state index contributed by atoms with van der Waals surface area (Å²) in [7, 11) is 0. The van der Waals surface area contributed by atoms with Crippen molar-refractivity contribution >= 4 is 60.8 Å². The van der Waals surface area contributed by atoms with Crippen LogP contribution in [0.2, 0.25) is 0 Å². The van der Waals surface area contributed by atoms with Crippen molar-refractivity contribution in [3.8, 4) is 72.4 Å². The average Bonchev–Trinajstić information content (AvgIpc) is 4.06. The second-order valence-corrected chi connectivity index (χ2v) is 19.2. The molecule has 12 aromatic carbocycles. The van der Waals surface area contributed by atoms with Crippen LogP contribution < -0.4 is 4.90 Å². The summed E-state index contributed by atoms with van der Waals surface area (Å²) < 4.78 is 8.82. The van der Waals surface area contributed by atoms with Crippen LogP contribution in [0.5, 0.6) is 0 Å². The normalized spacial score (nSPS) is 11.5. The molecule has 0 saturated heterocycles. The number of furan rings is 1. The van der Waals surface area contributed by atoms with Crippen molar-refractivity contribution in [1.82, 2.24) is 4.57 Å². The summed E-state index contributed by atoms with van der Waals surface area (Å²) in [4.78, 5) is 2.39. The van der Waals surface area contributed by atoms with E-state index in [1.165, 1.54) is 44.1 Å². The van der Waals surface area contributed by atoms with Gasteiger partial charge in [-0.05, 0) is 111 Å². The van der Waals surface area contributed by atoms with Gasteiger partial charge >= 0.3 is 0 Å². The molecule has 3 nitrogen and oxygen atoms in total. The number of aromatic nitrogens is 1. The van der Waals surface area contributed by atoms with Crippen LogP contribution in [0, 0.1) is 0 Å². The van der Waals surface area contributed by atoms with Gasteiger partial charge in [-0.1, -0.05) is 231 Å². The fraction of sp³-hybridized carbons (Fsp3) is 0. The molecule has 0 fully saturated rings. The van der Waals surface area contributed by atoms with Gasteiger partial charge in [0, 0.05) is 49.6 Å². The topological polar surface area (TPSA) is 21.3 Å². The largest absolute Gasteiger partial charge is 0.455 e. The van der Waals surface area contributed by atoms with E-state index in [-0.39, 0.29) is 0 Å². The fourth-order valence-electron chi connectivity index (χ4n) is 11.2. The highest BCUT2D eigenvalue weighted by Gasteiger charge is 2.20. The van der Waals surface area contributed by atoms with E-state index in [4.69, 9.17) is 4.42 Å². The van der Waals surface area contributed by atoms with Crippen LogP contribution in [0.25, 0.3) is 116 Å². The number of fused-ring (bicyclic) bond motifs is 6. The predicted molar refractivity (Wildman–Crippen MR) is 315 cm³/mol. The van der Waals surface area contributed by atoms with Gasteiger partial charge in [0.05, 0.1) is 22.4 Å². The Labute approximate surface area is 436 Å². The molecule has 2 aromatic heterocycles. The summed E-state index contributed by atoms with van der Waals surface area (Å²) in [6.07, 6.45) is 0. The Morgan fingerprint density at radius 2 is 0.693 bits per heavy atom. The predicted octanol–water partition coefficient (Wildman–Crippen LogP) is 20.2. The highest BCUT2D eigenvalue weighted by atomic mass is 16.3. The first kappa shape index (κ1) is 43.8. The number of anilines is 3. The molecule has 0 atom stereocenters. The van der Waals surface area contributed by atoms with Gasteiger partial charge in [-0.2, -0.15) is 0 Å². The second-order valence-electron chi connectivity index (χ2n) is 19.2. The highest BCUT2D eigenvalue weighted by Crippen LogP contribution is 2.44. The van der Waals surface area contributed by atoms with Crippen LogP contribution in [-0.4, -0.2) is 4.57 Å². The molecular formula is C72H48N2O. The number of para-hydroxylation sites is 6. The molecule has 3 heteroatoms. The maximum atomic E-state index is 6.40. The molecular weight excluding hydrogens is 909 g/mol. The number of nitrogens with zero attached hydrogens (tertiary/aromatic N) is 2. The average molecular weight is 957 g/mol. The molecule has 75 heavy (non-hydrogen) atoms. The van der Waals surface area contributed by atoms with Crippen molar-refractivity contribution in [3.05, 3.63) is 291 Å². The number of rotatable bonds is 10. The van der Waals surface area contributed by atoms with E-state index in [9.17, 15) is 0 Å². The van der Waals surface area contributed by atoms with E-state index in [0.29, 0.717) is 0 Å². The SMILES string of the molecule is c1ccc(-c2ccc(-c3ccccc3N(c3ccc(-c4ccc(-c5cccc6c5oc5ccccc56)cc4)cc3)c3ccc(-c4cccc(-c5ccccc5-n5c6ccccc6c6ccccc65)c4)cc3)cc2)cc1. The smallest absolute Gasteiger partial charge is 0.143 e. The van der Waals surface area contributed by atoms with Crippen LogP contribution in [-0.2, 0) is 0 Å². The van der Waals surface area contributed by atoms with Gasteiger partial charge < -0.3 is 13.9 Å². The Balaban J connectivity index is 0.821.